The van der Waals surface area contributed by atoms with Gasteiger partial charge in [0, 0.05) is 22.3 Å². The highest BCUT2D eigenvalue weighted by Gasteiger charge is 2.23. The summed E-state index contributed by atoms with van der Waals surface area (Å²) in [6, 6.07) is 7.65. The molecule has 0 radical (unpaired) electrons. The second-order valence-electron chi connectivity index (χ2n) is 8.98. The van der Waals surface area contributed by atoms with Gasteiger partial charge in [-0.2, -0.15) is 0 Å². The van der Waals surface area contributed by atoms with Crippen LogP contribution >= 0.6 is 0 Å². The van der Waals surface area contributed by atoms with Crippen LogP contribution < -0.4 is 5.32 Å². The number of fused-ring (bicyclic) bond motifs is 1. The number of rotatable bonds is 3. The molecule has 6 heteroatoms. The lowest BCUT2D eigenvalue weighted by Crippen LogP contribution is -2.31. The Morgan fingerprint density at radius 3 is 2.17 bits per heavy atom. The van der Waals surface area contributed by atoms with Gasteiger partial charge in [-0.3, -0.25) is 5.32 Å². The van der Waals surface area contributed by atoms with Crippen molar-refractivity contribution in [3.8, 4) is 0 Å². The van der Waals surface area contributed by atoms with Crippen LogP contribution in [0.2, 0.25) is 0 Å². The number of allylic oxidation sites excluding steroid dienone is 1. The van der Waals surface area contributed by atoms with Crippen molar-refractivity contribution in [3.63, 3.8) is 0 Å². The third-order valence-corrected chi connectivity index (χ3v) is 4.10. The average molecular weight is 401 g/mol. The smallest absolute Gasteiger partial charge is 0.419 e. The predicted molar refractivity (Wildman–Crippen MR) is 116 cm³/mol. The first-order chi connectivity index (χ1) is 13.3. The Bertz CT molecular complexity index is 940. The van der Waals surface area contributed by atoms with Crippen molar-refractivity contribution in [2.24, 2.45) is 0 Å². The van der Waals surface area contributed by atoms with Crippen LogP contribution in [0.15, 0.2) is 30.0 Å². The standard InChI is InChI=1S/C23H32N2O4/c1-9-16(24-20(26)28-22(3,4)5)14-18-15(2)25(21(27)29-23(6,7)8)19-13-11-10-12-17(18)19/h10-14H,9H2,1-8H3,(H,24,26)/b16-14+. The van der Waals surface area contributed by atoms with Crippen molar-refractivity contribution >= 4 is 29.2 Å². The number of hydrogen-bond acceptors (Lipinski definition) is 4. The Labute approximate surface area is 172 Å². The lowest BCUT2D eigenvalue weighted by Gasteiger charge is -2.20. The van der Waals surface area contributed by atoms with E-state index in [1.54, 1.807) is 4.57 Å². The van der Waals surface area contributed by atoms with Crippen molar-refractivity contribution in [2.45, 2.75) is 73.0 Å². The minimum Gasteiger partial charge on any atom is -0.444 e. The normalized spacial score (nSPS) is 12.8. The van der Waals surface area contributed by atoms with Gasteiger partial charge < -0.3 is 9.47 Å². The number of carbonyl (C=O) groups is 2. The molecule has 158 valence electrons. The zero-order valence-electron chi connectivity index (χ0n) is 18.7. The molecule has 0 atom stereocenters. The Kier molecular flexibility index (Phi) is 6.46. The van der Waals surface area contributed by atoms with Gasteiger partial charge in [-0.1, -0.05) is 25.1 Å². The van der Waals surface area contributed by atoms with Crippen LogP contribution in [0.4, 0.5) is 9.59 Å². The van der Waals surface area contributed by atoms with Gasteiger partial charge >= 0.3 is 12.2 Å². The van der Waals surface area contributed by atoms with Crippen LogP contribution in [0.3, 0.4) is 0 Å². The Hall–Kier alpha value is -2.76. The summed E-state index contributed by atoms with van der Waals surface area (Å²) in [5, 5.41) is 3.72. The number of ether oxygens (including phenoxy) is 2. The molecule has 2 aromatic rings. The van der Waals surface area contributed by atoms with E-state index in [0.717, 1.165) is 22.2 Å². The summed E-state index contributed by atoms with van der Waals surface area (Å²) in [7, 11) is 0. The fourth-order valence-electron chi connectivity index (χ4n) is 2.95. The van der Waals surface area contributed by atoms with E-state index in [1.165, 1.54) is 0 Å². The molecule has 0 spiro atoms. The summed E-state index contributed by atoms with van der Waals surface area (Å²) in [5.41, 5.74) is 1.90. The topological polar surface area (TPSA) is 69.6 Å². The molecule has 1 aromatic carbocycles. The molecular weight excluding hydrogens is 368 g/mol. The maximum absolute atomic E-state index is 12.8. The number of benzene rings is 1. The molecule has 0 saturated heterocycles. The number of aromatic nitrogens is 1. The first-order valence-electron chi connectivity index (χ1n) is 9.86. The summed E-state index contributed by atoms with van der Waals surface area (Å²) < 4.78 is 12.5. The van der Waals surface area contributed by atoms with Crippen LogP contribution in [-0.2, 0) is 9.47 Å². The van der Waals surface area contributed by atoms with Crippen molar-refractivity contribution < 1.29 is 19.1 Å². The van der Waals surface area contributed by atoms with Gasteiger partial charge in [0.05, 0.1) is 5.52 Å². The van der Waals surface area contributed by atoms with Gasteiger partial charge in [0.25, 0.3) is 0 Å². The molecule has 1 aromatic heterocycles. The average Bonchev–Trinajstić information content (AvgIpc) is 2.83. The van der Waals surface area contributed by atoms with Gasteiger partial charge in [-0.15, -0.1) is 0 Å². The highest BCUT2D eigenvalue weighted by atomic mass is 16.6. The van der Waals surface area contributed by atoms with E-state index in [4.69, 9.17) is 9.47 Å². The van der Waals surface area contributed by atoms with E-state index in [-0.39, 0.29) is 0 Å². The minimum absolute atomic E-state index is 0.427. The van der Waals surface area contributed by atoms with E-state index in [1.807, 2.05) is 85.7 Å². The molecule has 0 unspecified atom stereocenters. The molecule has 1 heterocycles. The highest BCUT2D eigenvalue weighted by Crippen LogP contribution is 2.29. The monoisotopic (exact) mass is 400 g/mol. The lowest BCUT2D eigenvalue weighted by molar-refractivity contribution is 0.0531. The maximum Gasteiger partial charge on any atom is 0.419 e. The Balaban J connectivity index is 2.50. The first-order valence-corrected chi connectivity index (χ1v) is 9.86. The van der Waals surface area contributed by atoms with Crippen molar-refractivity contribution in [2.75, 3.05) is 0 Å². The number of alkyl carbamates (subject to hydrolysis) is 1. The second kappa shape index (κ2) is 8.31. The molecule has 6 nitrogen and oxygen atoms in total. The van der Waals surface area contributed by atoms with Gasteiger partial charge in [-0.25, -0.2) is 14.2 Å². The molecule has 0 saturated carbocycles. The van der Waals surface area contributed by atoms with Gasteiger partial charge in [0.2, 0.25) is 0 Å². The van der Waals surface area contributed by atoms with E-state index >= 15 is 0 Å². The Morgan fingerprint density at radius 2 is 1.62 bits per heavy atom. The molecule has 0 aliphatic heterocycles. The maximum atomic E-state index is 12.8. The number of nitrogens with zero attached hydrogens (tertiary/aromatic N) is 1. The molecule has 1 N–H and O–H groups in total. The molecule has 0 aliphatic carbocycles. The van der Waals surface area contributed by atoms with Gasteiger partial charge in [-0.05, 0) is 67.0 Å². The van der Waals surface area contributed by atoms with Crippen LogP contribution in [0.5, 0.6) is 0 Å². The summed E-state index contributed by atoms with van der Waals surface area (Å²) >= 11 is 0. The number of para-hydroxylation sites is 1. The Morgan fingerprint density at radius 1 is 1.03 bits per heavy atom. The van der Waals surface area contributed by atoms with E-state index in [9.17, 15) is 9.59 Å². The van der Waals surface area contributed by atoms with Crippen molar-refractivity contribution in [1.82, 2.24) is 9.88 Å². The molecule has 1 amide bonds. The fourth-order valence-corrected chi connectivity index (χ4v) is 2.95. The van der Waals surface area contributed by atoms with Gasteiger partial charge in [0.1, 0.15) is 11.2 Å². The van der Waals surface area contributed by atoms with E-state index in [0.29, 0.717) is 12.1 Å². The van der Waals surface area contributed by atoms with Crippen molar-refractivity contribution in [1.29, 1.82) is 0 Å². The number of carbonyl (C=O) groups excluding carboxylic acids is 2. The van der Waals surface area contributed by atoms with Crippen LogP contribution in [0, 0.1) is 6.92 Å². The molecule has 2 rings (SSSR count). The summed E-state index contributed by atoms with van der Waals surface area (Å²) in [6.07, 6.45) is 1.57. The quantitative estimate of drug-likeness (QED) is 0.685. The largest absolute Gasteiger partial charge is 0.444 e. The zero-order chi connectivity index (χ0) is 22.0. The van der Waals surface area contributed by atoms with Crippen molar-refractivity contribution in [3.05, 3.63) is 41.2 Å². The highest BCUT2D eigenvalue weighted by molar-refractivity contribution is 5.97. The summed E-state index contributed by atoms with van der Waals surface area (Å²) in [5.74, 6) is 0. The first kappa shape index (κ1) is 22.5. The van der Waals surface area contributed by atoms with E-state index in [2.05, 4.69) is 5.32 Å². The molecule has 0 aliphatic rings. The molecule has 0 bridgehead atoms. The zero-order valence-corrected chi connectivity index (χ0v) is 18.7. The lowest BCUT2D eigenvalue weighted by atomic mass is 10.1. The molecule has 0 fully saturated rings. The second-order valence-corrected chi connectivity index (χ2v) is 8.98. The van der Waals surface area contributed by atoms with Crippen LogP contribution in [0.25, 0.3) is 17.0 Å². The number of amides is 1. The van der Waals surface area contributed by atoms with Gasteiger partial charge in [0.15, 0.2) is 0 Å². The SMILES string of the molecule is CC/C(=C\c1c(C)n(C(=O)OC(C)(C)C)c2ccccc12)NC(=O)OC(C)(C)C. The molecular formula is C23H32N2O4. The fraction of sp³-hybridized carbons (Fsp3) is 0.478. The summed E-state index contributed by atoms with van der Waals surface area (Å²) in [6.45, 7) is 14.8. The number of hydrogen-bond donors (Lipinski definition) is 1. The summed E-state index contributed by atoms with van der Waals surface area (Å²) in [4.78, 5) is 25.0. The third kappa shape index (κ3) is 5.86. The van der Waals surface area contributed by atoms with Crippen LogP contribution in [-0.4, -0.2) is 28.0 Å². The minimum atomic E-state index is -0.599. The number of nitrogens with one attached hydrogen (secondary N) is 1. The predicted octanol–water partition coefficient (Wildman–Crippen LogP) is 6.01. The van der Waals surface area contributed by atoms with Crippen LogP contribution in [0.1, 0.15) is 66.1 Å². The van der Waals surface area contributed by atoms with E-state index < -0.39 is 23.4 Å². The molecule has 29 heavy (non-hydrogen) atoms. The third-order valence-electron chi connectivity index (χ3n) is 4.10.